The van der Waals surface area contributed by atoms with E-state index in [-0.39, 0.29) is 5.91 Å². The van der Waals surface area contributed by atoms with Crippen molar-refractivity contribution in [2.24, 2.45) is 12.0 Å². The maximum Gasteiger partial charge on any atom is 0.252 e. The SMILES string of the molecule is COc1cccc2sc(=NC(=O)Cc3c(C)cc(C)cc3C)n(C)c12. The summed E-state index contributed by atoms with van der Waals surface area (Å²) in [6, 6.07) is 10.1. The number of hydrogen-bond donors (Lipinski definition) is 0. The lowest BCUT2D eigenvalue weighted by molar-refractivity contribution is -0.117. The highest BCUT2D eigenvalue weighted by molar-refractivity contribution is 7.16. The zero-order chi connectivity index (χ0) is 18.1. The first kappa shape index (κ1) is 17.4. The first-order valence-corrected chi connectivity index (χ1v) is 8.99. The molecule has 0 spiro atoms. The van der Waals surface area contributed by atoms with E-state index in [0.29, 0.717) is 11.2 Å². The Labute approximate surface area is 151 Å². The number of carbonyl (C=O) groups excluding carboxylic acids is 1. The molecule has 0 atom stereocenters. The molecule has 0 saturated carbocycles. The van der Waals surface area contributed by atoms with Crippen LogP contribution < -0.4 is 9.54 Å². The smallest absolute Gasteiger partial charge is 0.252 e. The molecule has 0 saturated heterocycles. The number of carbonyl (C=O) groups is 1. The molecule has 0 N–H and O–H groups in total. The van der Waals surface area contributed by atoms with Crippen LogP contribution in [-0.2, 0) is 18.3 Å². The quantitative estimate of drug-likeness (QED) is 0.717. The third-order valence-electron chi connectivity index (χ3n) is 4.39. The lowest BCUT2D eigenvalue weighted by Crippen LogP contribution is -2.15. The topological polar surface area (TPSA) is 43.6 Å². The van der Waals surface area contributed by atoms with Gasteiger partial charge in [0.2, 0.25) is 0 Å². The number of para-hydroxylation sites is 1. The number of nitrogens with zero attached hydrogens (tertiary/aromatic N) is 2. The number of fused-ring (bicyclic) bond motifs is 1. The van der Waals surface area contributed by atoms with Gasteiger partial charge in [0.15, 0.2) is 4.80 Å². The largest absolute Gasteiger partial charge is 0.495 e. The fourth-order valence-electron chi connectivity index (χ4n) is 3.23. The zero-order valence-electron chi connectivity index (χ0n) is 15.2. The van der Waals surface area contributed by atoms with E-state index in [9.17, 15) is 4.79 Å². The number of amides is 1. The Morgan fingerprint density at radius 1 is 1.20 bits per heavy atom. The van der Waals surface area contributed by atoms with Crippen molar-refractivity contribution in [2.75, 3.05) is 7.11 Å². The van der Waals surface area contributed by atoms with Crippen molar-refractivity contribution in [3.8, 4) is 5.75 Å². The molecular formula is C20H22N2O2S. The molecule has 0 bridgehead atoms. The van der Waals surface area contributed by atoms with Crippen LogP contribution in [-0.4, -0.2) is 17.6 Å². The number of rotatable bonds is 3. The van der Waals surface area contributed by atoms with Gasteiger partial charge in [-0.05, 0) is 49.6 Å². The fourth-order valence-corrected chi connectivity index (χ4v) is 4.28. The first-order chi connectivity index (χ1) is 11.9. The minimum atomic E-state index is -0.129. The Bertz CT molecular complexity index is 1000. The number of aryl methyl sites for hydroxylation is 4. The number of benzene rings is 2. The zero-order valence-corrected chi connectivity index (χ0v) is 16.0. The second-order valence-corrected chi connectivity index (χ2v) is 7.32. The van der Waals surface area contributed by atoms with E-state index in [1.807, 2.05) is 43.7 Å². The van der Waals surface area contributed by atoms with Crippen LogP contribution in [0.15, 0.2) is 35.3 Å². The molecule has 1 aromatic heterocycles. The summed E-state index contributed by atoms with van der Waals surface area (Å²) >= 11 is 1.50. The summed E-state index contributed by atoms with van der Waals surface area (Å²) in [5.74, 6) is 0.659. The van der Waals surface area contributed by atoms with Gasteiger partial charge in [-0.2, -0.15) is 4.99 Å². The van der Waals surface area contributed by atoms with E-state index in [2.05, 4.69) is 24.0 Å². The number of thiazole rings is 1. The van der Waals surface area contributed by atoms with Crippen LogP contribution in [0.3, 0.4) is 0 Å². The van der Waals surface area contributed by atoms with Gasteiger partial charge >= 0.3 is 0 Å². The number of hydrogen-bond acceptors (Lipinski definition) is 3. The molecule has 0 radical (unpaired) electrons. The monoisotopic (exact) mass is 354 g/mol. The van der Waals surface area contributed by atoms with Gasteiger partial charge < -0.3 is 9.30 Å². The minimum Gasteiger partial charge on any atom is -0.495 e. The predicted octanol–water partition coefficient (Wildman–Crippen LogP) is 3.84. The Morgan fingerprint density at radius 3 is 2.52 bits per heavy atom. The molecule has 130 valence electrons. The summed E-state index contributed by atoms with van der Waals surface area (Å²) in [5, 5.41) is 0. The molecule has 4 nitrogen and oxygen atoms in total. The van der Waals surface area contributed by atoms with E-state index in [1.165, 1.54) is 16.9 Å². The van der Waals surface area contributed by atoms with Crippen molar-refractivity contribution in [3.05, 3.63) is 57.4 Å². The molecule has 0 unspecified atom stereocenters. The van der Waals surface area contributed by atoms with Crippen LogP contribution >= 0.6 is 11.3 Å². The summed E-state index contributed by atoms with van der Waals surface area (Å²) in [4.78, 5) is 17.6. The Hall–Kier alpha value is -2.40. The van der Waals surface area contributed by atoms with E-state index in [1.54, 1.807) is 7.11 Å². The van der Waals surface area contributed by atoms with Gasteiger partial charge in [-0.25, -0.2) is 0 Å². The van der Waals surface area contributed by atoms with Crippen molar-refractivity contribution in [3.63, 3.8) is 0 Å². The van der Waals surface area contributed by atoms with Crippen LogP contribution in [0.25, 0.3) is 10.2 Å². The third-order valence-corrected chi connectivity index (χ3v) is 5.49. The highest BCUT2D eigenvalue weighted by Gasteiger charge is 2.12. The molecule has 3 aromatic rings. The lowest BCUT2D eigenvalue weighted by Gasteiger charge is -2.09. The molecule has 1 amide bonds. The van der Waals surface area contributed by atoms with Crippen molar-refractivity contribution in [2.45, 2.75) is 27.2 Å². The second-order valence-electron chi connectivity index (χ2n) is 6.31. The van der Waals surface area contributed by atoms with Crippen LogP contribution in [0.4, 0.5) is 0 Å². The van der Waals surface area contributed by atoms with Gasteiger partial charge in [0.1, 0.15) is 11.3 Å². The summed E-state index contributed by atoms with van der Waals surface area (Å²) in [7, 11) is 3.56. The van der Waals surface area contributed by atoms with Gasteiger partial charge in [-0.3, -0.25) is 4.79 Å². The fraction of sp³-hybridized carbons (Fsp3) is 0.300. The normalized spacial score (nSPS) is 12.0. The highest BCUT2D eigenvalue weighted by atomic mass is 32.1. The summed E-state index contributed by atoms with van der Waals surface area (Å²) < 4.78 is 8.40. The standard InChI is InChI=1S/C20H22N2O2S/c1-12-9-13(2)15(14(3)10-12)11-18(23)21-20-22(4)19-16(24-5)7-6-8-17(19)25-20/h6-10H,11H2,1-5H3. The van der Waals surface area contributed by atoms with Gasteiger partial charge in [-0.1, -0.05) is 35.1 Å². The molecular weight excluding hydrogens is 332 g/mol. The molecule has 0 aliphatic rings. The van der Waals surface area contributed by atoms with E-state index in [4.69, 9.17) is 4.74 Å². The van der Waals surface area contributed by atoms with E-state index < -0.39 is 0 Å². The third kappa shape index (κ3) is 3.37. The molecule has 5 heteroatoms. The predicted molar refractivity (Wildman–Crippen MR) is 102 cm³/mol. The molecule has 0 aliphatic heterocycles. The van der Waals surface area contributed by atoms with Crippen molar-refractivity contribution in [1.82, 2.24) is 4.57 Å². The van der Waals surface area contributed by atoms with Crippen LogP contribution in [0.1, 0.15) is 22.3 Å². The first-order valence-electron chi connectivity index (χ1n) is 8.17. The average Bonchev–Trinajstić information content (AvgIpc) is 2.87. The minimum absolute atomic E-state index is 0.129. The molecule has 2 aromatic carbocycles. The maximum absolute atomic E-state index is 12.6. The van der Waals surface area contributed by atoms with Crippen molar-refractivity contribution >= 4 is 27.5 Å². The number of methoxy groups -OCH3 is 1. The van der Waals surface area contributed by atoms with Crippen LogP contribution in [0.5, 0.6) is 5.75 Å². The van der Waals surface area contributed by atoms with Gasteiger partial charge in [0.05, 0.1) is 18.2 Å². The Kier molecular flexibility index (Phi) is 4.77. The maximum atomic E-state index is 12.6. The van der Waals surface area contributed by atoms with Crippen LogP contribution in [0.2, 0.25) is 0 Å². The van der Waals surface area contributed by atoms with Gasteiger partial charge in [-0.15, -0.1) is 0 Å². The lowest BCUT2D eigenvalue weighted by atomic mass is 9.97. The Balaban J connectivity index is 2.00. The summed E-state index contributed by atoms with van der Waals surface area (Å²) in [6.07, 6.45) is 0.323. The molecule has 25 heavy (non-hydrogen) atoms. The van der Waals surface area contributed by atoms with E-state index in [0.717, 1.165) is 32.7 Å². The summed E-state index contributed by atoms with van der Waals surface area (Å²) in [6.45, 7) is 6.17. The average molecular weight is 354 g/mol. The Morgan fingerprint density at radius 2 is 1.88 bits per heavy atom. The van der Waals surface area contributed by atoms with Crippen molar-refractivity contribution in [1.29, 1.82) is 0 Å². The molecule has 1 heterocycles. The second kappa shape index (κ2) is 6.84. The summed E-state index contributed by atoms with van der Waals surface area (Å²) in [5.41, 5.74) is 5.53. The van der Waals surface area contributed by atoms with Gasteiger partial charge in [0.25, 0.3) is 5.91 Å². The van der Waals surface area contributed by atoms with E-state index >= 15 is 0 Å². The van der Waals surface area contributed by atoms with Crippen LogP contribution in [0, 0.1) is 20.8 Å². The van der Waals surface area contributed by atoms with Crippen molar-refractivity contribution < 1.29 is 9.53 Å². The number of ether oxygens (including phenoxy) is 1. The molecule has 3 rings (SSSR count). The number of aromatic nitrogens is 1. The highest BCUT2D eigenvalue weighted by Crippen LogP contribution is 2.26. The molecule has 0 aliphatic carbocycles. The molecule has 0 fully saturated rings. The van der Waals surface area contributed by atoms with Gasteiger partial charge in [0, 0.05) is 7.05 Å².